The number of hydrazine groups is 1. The van der Waals surface area contributed by atoms with E-state index in [2.05, 4.69) is 15.4 Å². The van der Waals surface area contributed by atoms with Crippen molar-refractivity contribution in [3.63, 3.8) is 0 Å². The summed E-state index contributed by atoms with van der Waals surface area (Å²) >= 11 is 0. The van der Waals surface area contributed by atoms with Gasteiger partial charge in [-0.2, -0.15) is 4.31 Å². The van der Waals surface area contributed by atoms with E-state index in [9.17, 15) is 8.42 Å². The minimum Gasteiger partial charge on any atom is -0.354 e. The Morgan fingerprint density at radius 3 is 2.50 bits per heavy atom. The van der Waals surface area contributed by atoms with Crippen molar-refractivity contribution in [3.8, 4) is 0 Å². The maximum Gasteiger partial charge on any atom is 0.211 e. The van der Waals surface area contributed by atoms with Gasteiger partial charge in [0.15, 0.2) is 0 Å². The number of hydrogen-bond donors (Lipinski definition) is 2. The molecule has 0 aromatic carbocycles. The smallest absolute Gasteiger partial charge is 0.211 e. The molecule has 1 aromatic rings. The van der Waals surface area contributed by atoms with Gasteiger partial charge < -0.3 is 10.3 Å². The first-order chi connectivity index (χ1) is 8.50. The highest BCUT2D eigenvalue weighted by molar-refractivity contribution is 7.88. The van der Waals surface area contributed by atoms with Crippen molar-refractivity contribution in [3.05, 3.63) is 12.4 Å². The SMILES string of the molecule is CS(=O)(=O)N1CCN(c2cc(NN)ncn2)CC1. The molecule has 0 aliphatic carbocycles. The molecule has 0 spiro atoms. The monoisotopic (exact) mass is 272 g/mol. The molecule has 1 aromatic heterocycles. The highest BCUT2D eigenvalue weighted by atomic mass is 32.2. The molecule has 3 N–H and O–H groups in total. The lowest BCUT2D eigenvalue weighted by molar-refractivity contribution is 0.387. The fourth-order valence-electron chi connectivity index (χ4n) is 1.85. The molecule has 100 valence electrons. The van der Waals surface area contributed by atoms with Crippen LogP contribution in [0.2, 0.25) is 0 Å². The van der Waals surface area contributed by atoms with Crippen LogP contribution >= 0.6 is 0 Å². The van der Waals surface area contributed by atoms with Crippen molar-refractivity contribution in [2.75, 3.05) is 42.8 Å². The van der Waals surface area contributed by atoms with Crippen LogP contribution in [0.3, 0.4) is 0 Å². The van der Waals surface area contributed by atoms with Gasteiger partial charge in [-0.25, -0.2) is 24.2 Å². The highest BCUT2D eigenvalue weighted by Gasteiger charge is 2.24. The summed E-state index contributed by atoms with van der Waals surface area (Å²) in [5.74, 6) is 6.56. The van der Waals surface area contributed by atoms with E-state index in [1.165, 1.54) is 16.9 Å². The molecule has 1 aliphatic heterocycles. The average molecular weight is 272 g/mol. The number of nitrogens with one attached hydrogen (secondary N) is 1. The summed E-state index contributed by atoms with van der Waals surface area (Å²) in [5.41, 5.74) is 2.46. The predicted octanol–water partition coefficient (Wildman–Crippen LogP) is -1.16. The van der Waals surface area contributed by atoms with Crippen molar-refractivity contribution >= 4 is 21.7 Å². The number of nitrogens with zero attached hydrogens (tertiary/aromatic N) is 4. The molecule has 0 bridgehead atoms. The molecule has 1 fully saturated rings. The number of sulfonamides is 1. The summed E-state index contributed by atoms with van der Waals surface area (Å²) in [5, 5.41) is 0. The first-order valence-corrected chi connectivity index (χ1v) is 7.34. The molecule has 0 saturated carbocycles. The molecule has 0 atom stereocenters. The van der Waals surface area contributed by atoms with Crippen LogP contribution in [0.25, 0.3) is 0 Å². The second-order valence-electron chi connectivity index (χ2n) is 4.05. The number of aromatic nitrogens is 2. The van der Waals surface area contributed by atoms with E-state index in [1.807, 2.05) is 4.90 Å². The van der Waals surface area contributed by atoms with Gasteiger partial charge in [0.05, 0.1) is 6.26 Å². The van der Waals surface area contributed by atoms with Gasteiger partial charge >= 0.3 is 0 Å². The number of nitrogen functional groups attached to an aromatic ring is 1. The molecule has 8 nitrogen and oxygen atoms in total. The van der Waals surface area contributed by atoms with Crippen molar-refractivity contribution in [2.45, 2.75) is 0 Å². The molecule has 18 heavy (non-hydrogen) atoms. The van der Waals surface area contributed by atoms with Gasteiger partial charge in [-0.3, -0.25) is 0 Å². The van der Waals surface area contributed by atoms with Gasteiger partial charge in [-0.05, 0) is 0 Å². The Morgan fingerprint density at radius 2 is 1.94 bits per heavy atom. The maximum atomic E-state index is 11.4. The molecule has 1 aliphatic rings. The fourth-order valence-corrected chi connectivity index (χ4v) is 2.67. The van der Waals surface area contributed by atoms with Crippen molar-refractivity contribution in [1.82, 2.24) is 14.3 Å². The molecule has 0 amide bonds. The third-order valence-corrected chi connectivity index (χ3v) is 4.14. The molecule has 9 heteroatoms. The lowest BCUT2D eigenvalue weighted by Crippen LogP contribution is -2.48. The minimum atomic E-state index is -3.10. The Labute approximate surface area is 106 Å². The highest BCUT2D eigenvalue weighted by Crippen LogP contribution is 2.16. The fraction of sp³-hybridized carbons (Fsp3) is 0.556. The lowest BCUT2D eigenvalue weighted by atomic mass is 10.3. The van der Waals surface area contributed by atoms with Gasteiger partial charge in [0, 0.05) is 32.2 Å². The second-order valence-corrected chi connectivity index (χ2v) is 6.04. The van der Waals surface area contributed by atoms with E-state index in [0.29, 0.717) is 32.0 Å². The quantitative estimate of drug-likeness (QED) is 0.528. The summed E-state index contributed by atoms with van der Waals surface area (Å²) in [4.78, 5) is 10.1. The predicted molar refractivity (Wildman–Crippen MR) is 68.5 cm³/mol. The first-order valence-electron chi connectivity index (χ1n) is 5.49. The van der Waals surface area contributed by atoms with Crippen LogP contribution in [0.5, 0.6) is 0 Å². The summed E-state index contributed by atoms with van der Waals surface area (Å²) in [6, 6.07) is 1.73. The summed E-state index contributed by atoms with van der Waals surface area (Å²) in [7, 11) is -3.10. The van der Waals surface area contributed by atoms with E-state index in [4.69, 9.17) is 5.84 Å². The van der Waals surface area contributed by atoms with Gasteiger partial charge in [-0.1, -0.05) is 0 Å². The standard InChI is InChI=1S/C9H16N6O2S/c1-18(16,17)15-4-2-14(3-5-15)9-6-8(13-10)11-7-12-9/h6-7H,2-5,10H2,1H3,(H,11,12,13). The zero-order chi connectivity index (χ0) is 13.2. The molecular formula is C9H16N6O2S. The Hall–Kier alpha value is -1.45. The zero-order valence-electron chi connectivity index (χ0n) is 10.1. The van der Waals surface area contributed by atoms with Gasteiger partial charge in [0.2, 0.25) is 10.0 Å². The molecule has 1 saturated heterocycles. The largest absolute Gasteiger partial charge is 0.354 e. The average Bonchev–Trinajstić information content (AvgIpc) is 2.38. The van der Waals surface area contributed by atoms with Gasteiger partial charge in [0.25, 0.3) is 0 Å². The number of nitrogens with two attached hydrogens (primary N) is 1. The van der Waals surface area contributed by atoms with Crippen LogP contribution in [0.1, 0.15) is 0 Å². The van der Waals surface area contributed by atoms with E-state index >= 15 is 0 Å². The normalized spacial score (nSPS) is 17.8. The molecule has 0 unspecified atom stereocenters. The molecular weight excluding hydrogens is 256 g/mol. The molecule has 2 heterocycles. The summed E-state index contributed by atoms with van der Waals surface area (Å²) in [6.07, 6.45) is 2.65. The third kappa shape index (κ3) is 2.86. The van der Waals surface area contributed by atoms with Crippen molar-refractivity contribution in [2.24, 2.45) is 5.84 Å². The van der Waals surface area contributed by atoms with Crippen LogP contribution in [-0.4, -0.2) is 55.1 Å². The Bertz CT molecular complexity index is 512. The maximum absolute atomic E-state index is 11.4. The topological polar surface area (TPSA) is 104 Å². The summed E-state index contributed by atoms with van der Waals surface area (Å²) in [6.45, 7) is 2.14. The first kappa shape index (κ1) is 13.0. The minimum absolute atomic E-state index is 0.466. The zero-order valence-corrected chi connectivity index (χ0v) is 10.9. The van der Waals surface area contributed by atoms with Crippen LogP contribution in [0.4, 0.5) is 11.6 Å². The van der Waals surface area contributed by atoms with E-state index < -0.39 is 10.0 Å². The lowest BCUT2D eigenvalue weighted by Gasteiger charge is -2.33. The third-order valence-electron chi connectivity index (χ3n) is 2.83. The van der Waals surface area contributed by atoms with Crippen molar-refractivity contribution in [1.29, 1.82) is 0 Å². The Morgan fingerprint density at radius 1 is 1.28 bits per heavy atom. The number of rotatable bonds is 3. The van der Waals surface area contributed by atoms with Crippen LogP contribution in [0.15, 0.2) is 12.4 Å². The van der Waals surface area contributed by atoms with Gasteiger partial charge in [0.1, 0.15) is 18.0 Å². The summed E-state index contributed by atoms with van der Waals surface area (Å²) < 4.78 is 24.2. The van der Waals surface area contributed by atoms with Crippen LogP contribution in [-0.2, 0) is 10.0 Å². The van der Waals surface area contributed by atoms with Crippen LogP contribution < -0.4 is 16.2 Å². The number of anilines is 2. The molecule has 2 rings (SSSR count). The Balaban J connectivity index is 2.05. The van der Waals surface area contributed by atoms with E-state index in [-0.39, 0.29) is 0 Å². The van der Waals surface area contributed by atoms with Gasteiger partial charge in [-0.15, -0.1) is 0 Å². The van der Waals surface area contributed by atoms with Crippen LogP contribution in [0, 0.1) is 0 Å². The van der Waals surface area contributed by atoms with E-state index in [0.717, 1.165) is 5.82 Å². The van der Waals surface area contributed by atoms with E-state index in [1.54, 1.807) is 6.07 Å². The Kier molecular flexibility index (Phi) is 3.64. The van der Waals surface area contributed by atoms with Crippen molar-refractivity contribution < 1.29 is 8.42 Å². The second kappa shape index (κ2) is 5.04. The number of hydrogen-bond acceptors (Lipinski definition) is 7. The molecule has 0 radical (unpaired) electrons. The number of piperazine rings is 1.